The maximum atomic E-state index is 9.54. The van der Waals surface area contributed by atoms with Crippen molar-refractivity contribution in [2.45, 2.75) is 38.6 Å². The van der Waals surface area contributed by atoms with E-state index in [1.165, 1.54) is 5.56 Å². The fraction of sp³-hybridized carbons (Fsp3) is 0.538. The summed E-state index contributed by atoms with van der Waals surface area (Å²) in [6.45, 7) is 2.17. The molecule has 0 aliphatic carbocycles. The molecule has 0 spiro atoms. The van der Waals surface area contributed by atoms with Gasteiger partial charge in [-0.25, -0.2) is 0 Å². The molecule has 1 saturated heterocycles. The van der Waals surface area contributed by atoms with Gasteiger partial charge in [-0.2, -0.15) is 0 Å². The maximum absolute atomic E-state index is 9.54. The molecule has 0 bridgehead atoms. The first-order chi connectivity index (χ1) is 7.31. The Morgan fingerprint density at radius 1 is 1.33 bits per heavy atom. The molecule has 1 heterocycles. The van der Waals surface area contributed by atoms with Crippen LogP contribution in [-0.4, -0.2) is 11.4 Å². The second-order valence-corrected chi connectivity index (χ2v) is 4.21. The highest BCUT2D eigenvalue weighted by molar-refractivity contribution is 5.19. The van der Waals surface area contributed by atoms with E-state index in [4.69, 9.17) is 4.74 Å². The molecule has 0 aromatic heterocycles. The highest BCUT2D eigenvalue weighted by Crippen LogP contribution is 2.39. The number of hydrogen-bond acceptors (Lipinski definition) is 2. The summed E-state index contributed by atoms with van der Waals surface area (Å²) in [6, 6.07) is 10.2. The Labute approximate surface area is 90.9 Å². The highest BCUT2D eigenvalue weighted by Gasteiger charge is 2.34. The van der Waals surface area contributed by atoms with E-state index in [2.05, 4.69) is 19.1 Å². The molecule has 2 rings (SSSR count). The summed E-state index contributed by atoms with van der Waals surface area (Å²) in [4.78, 5) is 0. The van der Waals surface area contributed by atoms with Gasteiger partial charge >= 0.3 is 0 Å². The summed E-state index contributed by atoms with van der Waals surface area (Å²) in [5.74, 6) is 0.465. The number of hydrogen-bond donors (Lipinski definition) is 1. The molecule has 1 aromatic rings. The Morgan fingerprint density at radius 2 is 2.07 bits per heavy atom. The number of rotatable bonds is 3. The molecule has 2 heteroatoms. The largest absolute Gasteiger partial charge is 0.368 e. The van der Waals surface area contributed by atoms with Crippen molar-refractivity contribution in [3.05, 3.63) is 35.9 Å². The van der Waals surface area contributed by atoms with Gasteiger partial charge in [0, 0.05) is 6.42 Å². The second kappa shape index (κ2) is 4.77. The molecule has 0 saturated carbocycles. The normalized spacial score (nSPS) is 30.7. The monoisotopic (exact) mass is 206 g/mol. The third-order valence-corrected chi connectivity index (χ3v) is 3.02. The third kappa shape index (κ3) is 2.39. The molecule has 3 unspecified atom stereocenters. The van der Waals surface area contributed by atoms with E-state index in [-0.39, 0.29) is 6.10 Å². The van der Waals surface area contributed by atoms with Crippen LogP contribution in [0.3, 0.4) is 0 Å². The van der Waals surface area contributed by atoms with Gasteiger partial charge in [0.15, 0.2) is 6.29 Å². The standard InChI is InChI=1S/C13H18O2/c1-2-6-11-9-12(14)15-13(11)10-7-4-3-5-8-10/h3-5,7-8,11-14H,2,6,9H2,1H3. The number of aliphatic hydroxyl groups is 1. The minimum Gasteiger partial charge on any atom is -0.368 e. The van der Waals surface area contributed by atoms with Crippen LogP contribution in [0.15, 0.2) is 30.3 Å². The van der Waals surface area contributed by atoms with E-state index in [9.17, 15) is 5.11 Å². The van der Waals surface area contributed by atoms with Crippen LogP contribution in [0.2, 0.25) is 0 Å². The molecule has 1 fully saturated rings. The quantitative estimate of drug-likeness (QED) is 0.824. The summed E-state index contributed by atoms with van der Waals surface area (Å²) in [7, 11) is 0. The first-order valence-corrected chi connectivity index (χ1v) is 5.69. The second-order valence-electron chi connectivity index (χ2n) is 4.21. The molecular formula is C13H18O2. The first-order valence-electron chi connectivity index (χ1n) is 5.69. The van der Waals surface area contributed by atoms with Gasteiger partial charge in [0.25, 0.3) is 0 Å². The number of aliphatic hydroxyl groups excluding tert-OH is 1. The van der Waals surface area contributed by atoms with Gasteiger partial charge in [-0.05, 0) is 17.9 Å². The Bertz CT molecular complexity index is 297. The summed E-state index contributed by atoms with van der Waals surface area (Å²) in [6.07, 6.45) is 2.54. The van der Waals surface area contributed by atoms with E-state index in [0.29, 0.717) is 5.92 Å². The van der Waals surface area contributed by atoms with Crippen molar-refractivity contribution in [1.82, 2.24) is 0 Å². The van der Waals surface area contributed by atoms with Gasteiger partial charge in [0.05, 0.1) is 6.10 Å². The molecule has 1 aliphatic rings. The van der Waals surface area contributed by atoms with Crippen molar-refractivity contribution in [2.75, 3.05) is 0 Å². The predicted octanol–water partition coefficient (Wildman–Crippen LogP) is 2.88. The van der Waals surface area contributed by atoms with Crippen LogP contribution in [0, 0.1) is 5.92 Å². The van der Waals surface area contributed by atoms with Crippen molar-refractivity contribution in [3.63, 3.8) is 0 Å². The van der Waals surface area contributed by atoms with Crippen LogP contribution >= 0.6 is 0 Å². The van der Waals surface area contributed by atoms with E-state index in [1.54, 1.807) is 0 Å². The first kappa shape index (κ1) is 10.7. The maximum Gasteiger partial charge on any atom is 0.155 e. The summed E-state index contributed by atoms with van der Waals surface area (Å²) in [5.41, 5.74) is 1.19. The highest BCUT2D eigenvalue weighted by atomic mass is 16.6. The molecular weight excluding hydrogens is 188 g/mol. The van der Waals surface area contributed by atoms with E-state index in [0.717, 1.165) is 19.3 Å². The zero-order valence-corrected chi connectivity index (χ0v) is 9.10. The van der Waals surface area contributed by atoms with Crippen molar-refractivity contribution in [1.29, 1.82) is 0 Å². The average Bonchev–Trinajstić information content (AvgIpc) is 2.62. The zero-order chi connectivity index (χ0) is 10.7. The van der Waals surface area contributed by atoms with Crippen molar-refractivity contribution in [3.8, 4) is 0 Å². The van der Waals surface area contributed by atoms with Crippen molar-refractivity contribution < 1.29 is 9.84 Å². The van der Waals surface area contributed by atoms with E-state index < -0.39 is 6.29 Å². The minimum absolute atomic E-state index is 0.0844. The van der Waals surface area contributed by atoms with Gasteiger partial charge in [-0.3, -0.25) is 0 Å². The Hall–Kier alpha value is -0.860. The van der Waals surface area contributed by atoms with E-state index >= 15 is 0 Å². The van der Waals surface area contributed by atoms with E-state index in [1.807, 2.05) is 18.2 Å². The Balaban J connectivity index is 2.13. The van der Waals surface area contributed by atoms with Gasteiger partial charge in [0.2, 0.25) is 0 Å². The topological polar surface area (TPSA) is 29.5 Å². The lowest BCUT2D eigenvalue weighted by Crippen LogP contribution is -2.07. The SMILES string of the molecule is CCCC1CC(O)OC1c1ccccc1. The molecule has 15 heavy (non-hydrogen) atoms. The summed E-state index contributed by atoms with van der Waals surface area (Å²) >= 11 is 0. The van der Waals surface area contributed by atoms with Crippen LogP contribution in [-0.2, 0) is 4.74 Å². The van der Waals surface area contributed by atoms with Crippen LogP contribution in [0.5, 0.6) is 0 Å². The molecule has 1 aliphatic heterocycles. The van der Waals surface area contributed by atoms with Crippen LogP contribution in [0.1, 0.15) is 37.9 Å². The fourth-order valence-corrected chi connectivity index (χ4v) is 2.35. The van der Waals surface area contributed by atoms with Crippen LogP contribution in [0.4, 0.5) is 0 Å². The zero-order valence-electron chi connectivity index (χ0n) is 9.10. The Morgan fingerprint density at radius 3 is 2.73 bits per heavy atom. The summed E-state index contributed by atoms with van der Waals surface area (Å²) in [5, 5.41) is 9.54. The molecule has 2 nitrogen and oxygen atoms in total. The van der Waals surface area contributed by atoms with Gasteiger partial charge in [-0.15, -0.1) is 0 Å². The molecule has 82 valence electrons. The van der Waals surface area contributed by atoms with Crippen LogP contribution < -0.4 is 0 Å². The van der Waals surface area contributed by atoms with Gasteiger partial charge in [-0.1, -0.05) is 43.7 Å². The average molecular weight is 206 g/mol. The molecule has 3 atom stereocenters. The fourth-order valence-electron chi connectivity index (χ4n) is 2.35. The molecule has 0 radical (unpaired) electrons. The lowest BCUT2D eigenvalue weighted by molar-refractivity contribution is -0.0936. The predicted molar refractivity (Wildman–Crippen MR) is 59.3 cm³/mol. The minimum atomic E-state index is -0.577. The summed E-state index contributed by atoms with van der Waals surface area (Å²) < 4.78 is 5.57. The number of ether oxygens (including phenoxy) is 1. The lowest BCUT2D eigenvalue weighted by Gasteiger charge is -2.17. The Kier molecular flexibility index (Phi) is 3.39. The van der Waals surface area contributed by atoms with Crippen molar-refractivity contribution >= 4 is 0 Å². The third-order valence-electron chi connectivity index (χ3n) is 3.02. The van der Waals surface area contributed by atoms with Gasteiger partial charge in [0.1, 0.15) is 0 Å². The molecule has 0 amide bonds. The van der Waals surface area contributed by atoms with Crippen molar-refractivity contribution in [2.24, 2.45) is 5.92 Å². The molecule has 1 N–H and O–H groups in total. The van der Waals surface area contributed by atoms with Gasteiger partial charge < -0.3 is 9.84 Å². The smallest absolute Gasteiger partial charge is 0.155 e. The number of benzene rings is 1. The van der Waals surface area contributed by atoms with Crippen LogP contribution in [0.25, 0.3) is 0 Å². The molecule has 1 aromatic carbocycles. The lowest BCUT2D eigenvalue weighted by atomic mass is 9.91.